The maximum atomic E-state index is 12.8. The number of halogens is 1. The summed E-state index contributed by atoms with van der Waals surface area (Å²) in [7, 11) is 0. The highest BCUT2D eigenvalue weighted by molar-refractivity contribution is 6.31. The topological polar surface area (TPSA) is 39.3 Å². The number of hydrogen-bond acceptors (Lipinski definition) is 2. The summed E-state index contributed by atoms with van der Waals surface area (Å²) in [6.07, 6.45) is 5.23. The van der Waals surface area contributed by atoms with Crippen molar-refractivity contribution in [2.75, 3.05) is 32.7 Å². The lowest BCUT2D eigenvalue weighted by Gasteiger charge is -2.31. The minimum Gasteiger partial charge on any atom is -0.350 e. The quantitative estimate of drug-likeness (QED) is 0.919. The summed E-state index contributed by atoms with van der Waals surface area (Å²) in [6, 6.07) is 7.62. The summed E-state index contributed by atoms with van der Waals surface area (Å²) in [4.78, 5) is 20.6. The highest BCUT2D eigenvalue weighted by Crippen LogP contribution is 2.27. The molecule has 128 valence electrons. The SMILES string of the molecule is O=C(c1cc2ccc(Cl)cc2[nH]1)N1CCCN(CC2CCC2)CC1. The second-order valence-electron chi connectivity index (χ2n) is 7.16. The zero-order valence-corrected chi connectivity index (χ0v) is 14.7. The molecule has 1 aliphatic carbocycles. The number of benzene rings is 1. The number of nitrogens with zero attached hydrogens (tertiary/aromatic N) is 2. The van der Waals surface area contributed by atoms with Gasteiger partial charge >= 0.3 is 0 Å². The van der Waals surface area contributed by atoms with Crippen LogP contribution < -0.4 is 0 Å². The van der Waals surface area contributed by atoms with Crippen molar-refractivity contribution >= 4 is 28.4 Å². The van der Waals surface area contributed by atoms with Crippen LogP contribution in [0.25, 0.3) is 10.9 Å². The van der Waals surface area contributed by atoms with Gasteiger partial charge in [0, 0.05) is 42.1 Å². The van der Waals surface area contributed by atoms with E-state index < -0.39 is 0 Å². The van der Waals surface area contributed by atoms with Gasteiger partial charge in [-0.2, -0.15) is 0 Å². The smallest absolute Gasteiger partial charge is 0.270 e. The Morgan fingerprint density at radius 3 is 2.79 bits per heavy atom. The molecule has 1 saturated carbocycles. The number of aromatic nitrogens is 1. The Bertz CT molecular complexity index is 737. The Morgan fingerprint density at radius 2 is 2.00 bits per heavy atom. The van der Waals surface area contributed by atoms with Gasteiger partial charge in [0.25, 0.3) is 5.91 Å². The molecule has 2 aliphatic rings. The second-order valence-corrected chi connectivity index (χ2v) is 7.59. The number of aromatic amines is 1. The summed E-state index contributed by atoms with van der Waals surface area (Å²) in [6.45, 7) is 4.99. The predicted octanol–water partition coefficient (Wildman–Crippen LogP) is 3.77. The third-order valence-corrected chi connectivity index (χ3v) is 5.67. The van der Waals surface area contributed by atoms with Crippen molar-refractivity contribution in [3.05, 3.63) is 35.0 Å². The highest BCUT2D eigenvalue weighted by atomic mass is 35.5. The van der Waals surface area contributed by atoms with Gasteiger partial charge in [0.2, 0.25) is 0 Å². The van der Waals surface area contributed by atoms with Crippen LogP contribution in [-0.2, 0) is 0 Å². The van der Waals surface area contributed by atoms with Crippen molar-refractivity contribution in [2.45, 2.75) is 25.7 Å². The molecule has 0 spiro atoms. The molecule has 0 atom stereocenters. The van der Waals surface area contributed by atoms with E-state index in [4.69, 9.17) is 11.6 Å². The fraction of sp³-hybridized carbons (Fsp3) is 0.526. The van der Waals surface area contributed by atoms with E-state index >= 15 is 0 Å². The number of hydrogen-bond donors (Lipinski definition) is 1. The molecule has 2 fully saturated rings. The summed E-state index contributed by atoms with van der Waals surface area (Å²) in [5.74, 6) is 0.999. The van der Waals surface area contributed by atoms with Gasteiger partial charge in [0.1, 0.15) is 5.69 Å². The largest absolute Gasteiger partial charge is 0.350 e. The first kappa shape index (κ1) is 16.0. The maximum Gasteiger partial charge on any atom is 0.270 e. The fourth-order valence-electron chi connectivity index (χ4n) is 3.78. The summed E-state index contributed by atoms with van der Waals surface area (Å²) in [5.41, 5.74) is 1.59. The lowest BCUT2D eigenvalue weighted by Crippen LogP contribution is -2.37. The molecule has 1 amide bonds. The van der Waals surface area contributed by atoms with Gasteiger partial charge in [-0.3, -0.25) is 4.79 Å². The van der Waals surface area contributed by atoms with E-state index in [1.165, 1.54) is 25.8 Å². The minimum atomic E-state index is 0.104. The zero-order chi connectivity index (χ0) is 16.5. The van der Waals surface area contributed by atoms with Gasteiger partial charge in [0.05, 0.1) is 0 Å². The van der Waals surface area contributed by atoms with Crippen molar-refractivity contribution in [1.82, 2.24) is 14.8 Å². The van der Waals surface area contributed by atoms with Crippen LogP contribution in [0.4, 0.5) is 0 Å². The van der Waals surface area contributed by atoms with E-state index in [1.807, 2.05) is 29.2 Å². The van der Waals surface area contributed by atoms with E-state index in [0.29, 0.717) is 10.7 Å². The molecule has 5 heteroatoms. The molecule has 1 aromatic heterocycles. The van der Waals surface area contributed by atoms with Gasteiger partial charge in [-0.25, -0.2) is 0 Å². The Hall–Kier alpha value is -1.52. The van der Waals surface area contributed by atoms with E-state index in [2.05, 4.69) is 9.88 Å². The molecule has 1 aliphatic heterocycles. The Kier molecular flexibility index (Phi) is 4.51. The molecule has 1 saturated heterocycles. The summed E-state index contributed by atoms with van der Waals surface area (Å²) >= 11 is 6.03. The maximum absolute atomic E-state index is 12.8. The van der Waals surface area contributed by atoms with Crippen LogP contribution in [0.15, 0.2) is 24.3 Å². The van der Waals surface area contributed by atoms with Crippen LogP contribution in [0.2, 0.25) is 5.02 Å². The first-order valence-corrected chi connectivity index (χ1v) is 9.37. The fourth-order valence-corrected chi connectivity index (χ4v) is 3.95. The van der Waals surface area contributed by atoms with Crippen molar-refractivity contribution in [3.63, 3.8) is 0 Å². The minimum absolute atomic E-state index is 0.104. The van der Waals surface area contributed by atoms with Crippen molar-refractivity contribution in [3.8, 4) is 0 Å². The third-order valence-electron chi connectivity index (χ3n) is 5.43. The molecule has 0 radical (unpaired) electrons. The van der Waals surface area contributed by atoms with Gasteiger partial charge in [-0.05, 0) is 49.9 Å². The molecular weight excluding hydrogens is 322 g/mol. The van der Waals surface area contributed by atoms with Crippen molar-refractivity contribution in [1.29, 1.82) is 0 Å². The van der Waals surface area contributed by atoms with Crippen LogP contribution in [0, 0.1) is 5.92 Å². The van der Waals surface area contributed by atoms with Crippen molar-refractivity contribution < 1.29 is 4.79 Å². The first-order valence-electron chi connectivity index (χ1n) is 8.99. The van der Waals surface area contributed by atoms with Crippen LogP contribution in [0.5, 0.6) is 0 Å². The van der Waals surface area contributed by atoms with E-state index in [0.717, 1.165) is 49.4 Å². The number of carbonyl (C=O) groups excluding carboxylic acids is 1. The third kappa shape index (κ3) is 3.31. The monoisotopic (exact) mass is 345 g/mol. The van der Waals surface area contributed by atoms with Crippen LogP contribution >= 0.6 is 11.6 Å². The average Bonchev–Trinajstić information content (AvgIpc) is 2.80. The number of fused-ring (bicyclic) bond motifs is 1. The van der Waals surface area contributed by atoms with E-state index in [-0.39, 0.29) is 5.91 Å². The number of nitrogens with one attached hydrogen (secondary N) is 1. The zero-order valence-electron chi connectivity index (χ0n) is 13.9. The first-order chi connectivity index (χ1) is 11.7. The average molecular weight is 346 g/mol. The van der Waals surface area contributed by atoms with Crippen molar-refractivity contribution in [2.24, 2.45) is 5.92 Å². The number of rotatable bonds is 3. The number of amides is 1. The van der Waals surface area contributed by atoms with E-state index in [1.54, 1.807) is 0 Å². The molecule has 24 heavy (non-hydrogen) atoms. The highest BCUT2D eigenvalue weighted by Gasteiger charge is 2.25. The molecule has 0 unspecified atom stereocenters. The molecule has 2 heterocycles. The summed E-state index contributed by atoms with van der Waals surface area (Å²) in [5, 5.41) is 1.72. The van der Waals surface area contributed by atoms with Gasteiger partial charge in [-0.1, -0.05) is 24.1 Å². The van der Waals surface area contributed by atoms with Gasteiger partial charge < -0.3 is 14.8 Å². The number of H-pyrrole nitrogens is 1. The van der Waals surface area contributed by atoms with E-state index in [9.17, 15) is 4.79 Å². The lowest BCUT2D eigenvalue weighted by atomic mass is 9.85. The standard InChI is InChI=1S/C19H24ClN3O/c20-16-6-5-15-11-18(21-17(15)12-16)19(24)23-8-2-7-22(9-10-23)13-14-3-1-4-14/h5-6,11-12,14,21H,1-4,7-10,13H2. The molecule has 4 nitrogen and oxygen atoms in total. The molecule has 1 aromatic carbocycles. The normalized spacial score (nSPS) is 20.1. The Labute approximate surface area is 147 Å². The molecule has 4 rings (SSSR count). The molecular formula is C19H24ClN3O. The lowest BCUT2D eigenvalue weighted by molar-refractivity contribution is 0.0754. The van der Waals surface area contributed by atoms with Crippen LogP contribution in [0.3, 0.4) is 0 Å². The van der Waals surface area contributed by atoms with Gasteiger partial charge in [-0.15, -0.1) is 0 Å². The van der Waals surface area contributed by atoms with Crippen LogP contribution in [-0.4, -0.2) is 53.4 Å². The Morgan fingerprint density at radius 1 is 1.12 bits per heavy atom. The van der Waals surface area contributed by atoms with Crippen LogP contribution in [0.1, 0.15) is 36.2 Å². The summed E-state index contributed by atoms with van der Waals surface area (Å²) < 4.78 is 0. The molecule has 2 aromatic rings. The number of carbonyl (C=O) groups is 1. The molecule has 0 bridgehead atoms. The Balaban J connectivity index is 1.43. The predicted molar refractivity (Wildman–Crippen MR) is 97.6 cm³/mol. The molecule has 1 N–H and O–H groups in total. The second kappa shape index (κ2) is 6.77. The van der Waals surface area contributed by atoms with Gasteiger partial charge in [0.15, 0.2) is 0 Å².